The molecular formula is C25H25BrIN3O2. The molecule has 0 saturated heterocycles. The number of hydrogen-bond donors (Lipinski definition) is 1. The zero-order valence-electron chi connectivity index (χ0n) is 18.0. The molecule has 32 heavy (non-hydrogen) atoms. The lowest BCUT2D eigenvalue weighted by Gasteiger charge is -2.22. The normalized spacial score (nSPS) is 10.9. The van der Waals surface area contributed by atoms with Crippen LogP contribution in [0.2, 0.25) is 0 Å². The lowest BCUT2D eigenvalue weighted by molar-refractivity contribution is 0.0955. The molecule has 1 N–H and O–H groups in total. The molecule has 1 amide bonds. The van der Waals surface area contributed by atoms with Crippen molar-refractivity contribution < 1.29 is 9.53 Å². The molecule has 0 saturated carbocycles. The maximum Gasteiger partial charge on any atom is 0.271 e. The first kappa shape index (κ1) is 24.3. The fourth-order valence-electron chi connectivity index (χ4n) is 3.11. The lowest BCUT2D eigenvalue weighted by Crippen LogP contribution is -2.21. The highest BCUT2D eigenvalue weighted by Crippen LogP contribution is 2.26. The van der Waals surface area contributed by atoms with Crippen LogP contribution in [-0.4, -0.2) is 25.2 Å². The molecule has 0 aliphatic carbocycles. The van der Waals surface area contributed by atoms with Crippen LogP contribution in [-0.2, 0) is 6.61 Å². The van der Waals surface area contributed by atoms with E-state index in [1.54, 1.807) is 18.3 Å². The number of nitrogens with zero attached hydrogens (tertiary/aromatic N) is 2. The molecule has 3 aromatic carbocycles. The first-order valence-electron chi connectivity index (χ1n) is 10.3. The van der Waals surface area contributed by atoms with E-state index in [2.05, 4.69) is 92.1 Å². The Balaban J connectivity index is 1.77. The predicted molar refractivity (Wildman–Crippen MR) is 143 cm³/mol. The Morgan fingerprint density at radius 2 is 1.75 bits per heavy atom. The number of hydrazone groups is 1. The van der Waals surface area contributed by atoms with Crippen molar-refractivity contribution >= 4 is 56.3 Å². The zero-order chi connectivity index (χ0) is 22.9. The van der Waals surface area contributed by atoms with Gasteiger partial charge in [-0.25, -0.2) is 5.43 Å². The molecule has 0 unspecified atom stereocenters. The maximum atomic E-state index is 12.3. The molecule has 0 aliphatic rings. The van der Waals surface area contributed by atoms with Crippen LogP contribution in [0.5, 0.6) is 5.75 Å². The highest BCUT2D eigenvalue weighted by atomic mass is 127. The summed E-state index contributed by atoms with van der Waals surface area (Å²) in [7, 11) is 0. The van der Waals surface area contributed by atoms with Gasteiger partial charge in [-0.2, -0.15) is 5.10 Å². The van der Waals surface area contributed by atoms with Gasteiger partial charge < -0.3 is 9.64 Å². The number of ether oxygens (including phenoxy) is 1. The number of anilines is 1. The summed E-state index contributed by atoms with van der Waals surface area (Å²) in [6.07, 6.45) is 1.62. The van der Waals surface area contributed by atoms with Gasteiger partial charge in [-0.1, -0.05) is 28.1 Å². The van der Waals surface area contributed by atoms with E-state index >= 15 is 0 Å². The van der Waals surface area contributed by atoms with Crippen LogP contribution in [0.4, 0.5) is 5.69 Å². The minimum absolute atomic E-state index is 0.269. The van der Waals surface area contributed by atoms with E-state index in [0.29, 0.717) is 12.2 Å². The Morgan fingerprint density at radius 1 is 1.06 bits per heavy atom. The molecule has 5 nitrogen and oxygen atoms in total. The zero-order valence-corrected chi connectivity index (χ0v) is 21.8. The smallest absolute Gasteiger partial charge is 0.271 e. The van der Waals surface area contributed by atoms with E-state index < -0.39 is 0 Å². The van der Waals surface area contributed by atoms with Gasteiger partial charge in [0.1, 0.15) is 12.4 Å². The van der Waals surface area contributed by atoms with Crippen LogP contribution in [0.15, 0.2) is 76.3 Å². The molecule has 166 valence electrons. The van der Waals surface area contributed by atoms with Crippen LogP contribution in [0.1, 0.15) is 35.3 Å². The Hall–Kier alpha value is -2.39. The SMILES string of the molecule is CCN(CC)c1ccc(/C=N\NC(=O)c2ccc(Br)cc2)c(OCc2ccc(I)cc2)c1. The van der Waals surface area contributed by atoms with Crippen molar-refractivity contribution in [3.63, 3.8) is 0 Å². The van der Waals surface area contributed by atoms with Gasteiger partial charge in [0.05, 0.1) is 6.21 Å². The van der Waals surface area contributed by atoms with E-state index in [9.17, 15) is 4.79 Å². The van der Waals surface area contributed by atoms with Crippen LogP contribution in [0, 0.1) is 3.57 Å². The first-order valence-corrected chi connectivity index (χ1v) is 12.2. The number of rotatable bonds is 9. The van der Waals surface area contributed by atoms with Gasteiger partial charge in [0.15, 0.2) is 0 Å². The number of carbonyl (C=O) groups excluding carboxylic acids is 1. The minimum atomic E-state index is -0.269. The summed E-state index contributed by atoms with van der Waals surface area (Å²) >= 11 is 5.66. The van der Waals surface area contributed by atoms with Crippen molar-refractivity contribution in [2.45, 2.75) is 20.5 Å². The third-order valence-corrected chi connectivity index (χ3v) is 6.16. The Morgan fingerprint density at radius 3 is 2.41 bits per heavy atom. The van der Waals surface area contributed by atoms with Gasteiger partial charge in [0.2, 0.25) is 0 Å². The van der Waals surface area contributed by atoms with Crippen molar-refractivity contribution in [1.29, 1.82) is 0 Å². The maximum absolute atomic E-state index is 12.3. The van der Waals surface area contributed by atoms with Crippen molar-refractivity contribution in [2.75, 3.05) is 18.0 Å². The average molecular weight is 606 g/mol. The third kappa shape index (κ3) is 6.80. The fraction of sp³-hybridized carbons (Fsp3) is 0.200. The van der Waals surface area contributed by atoms with Gasteiger partial charge in [-0.05, 0) is 90.5 Å². The molecule has 3 rings (SSSR count). The number of nitrogens with one attached hydrogen (secondary N) is 1. The molecular weight excluding hydrogens is 581 g/mol. The van der Waals surface area contributed by atoms with Crippen molar-refractivity contribution in [3.8, 4) is 5.75 Å². The second-order valence-electron chi connectivity index (χ2n) is 7.02. The summed E-state index contributed by atoms with van der Waals surface area (Å²) in [4.78, 5) is 14.6. The second-order valence-corrected chi connectivity index (χ2v) is 9.18. The van der Waals surface area contributed by atoms with E-state index in [1.807, 2.05) is 30.3 Å². The van der Waals surface area contributed by atoms with E-state index in [0.717, 1.165) is 40.1 Å². The summed E-state index contributed by atoms with van der Waals surface area (Å²) in [6, 6.07) is 21.4. The number of amides is 1. The van der Waals surface area contributed by atoms with E-state index in [4.69, 9.17) is 4.74 Å². The molecule has 3 aromatic rings. The predicted octanol–water partition coefficient (Wildman–Crippen LogP) is 6.24. The van der Waals surface area contributed by atoms with Crippen molar-refractivity contribution in [3.05, 3.63) is 91.5 Å². The van der Waals surface area contributed by atoms with E-state index in [-0.39, 0.29) is 5.91 Å². The van der Waals surface area contributed by atoms with Gasteiger partial charge in [-0.15, -0.1) is 0 Å². The Bertz CT molecular complexity index is 1070. The van der Waals surface area contributed by atoms with Crippen molar-refractivity contribution in [1.82, 2.24) is 5.43 Å². The van der Waals surface area contributed by atoms with Gasteiger partial charge >= 0.3 is 0 Å². The first-order chi connectivity index (χ1) is 15.5. The number of halogens is 2. The van der Waals surface area contributed by atoms with Crippen LogP contribution >= 0.6 is 38.5 Å². The summed E-state index contributed by atoms with van der Waals surface area (Å²) in [6.45, 7) is 6.52. The molecule has 0 heterocycles. The molecule has 0 aliphatic heterocycles. The molecule has 0 radical (unpaired) electrons. The van der Waals surface area contributed by atoms with Gasteiger partial charge in [0, 0.05) is 44.0 Å². The number of carbonyl (C=O) groups is 1. The topological polar surface area (TPSA) is 53.9 Å². The number of hydrogen-bond acceptors (Lipinski definition) is 4. The molecule has 0 spiro atoms. The average Bonchev–Trinajstić information content (AvgIpc) is 2.81. The lowest BCUT2D eigenvalue weighted by atomic mass is 10.1. The summed E-state index contributed by atoms with van der Waals surface area (Å²) < 4.78 is 8.26. The molecule has 0 bridgehead atoms. The summed E-state index contributed by atoms with van der Waals surface area (Å²) in [5, 5.41) is 4.15. The molecule has 0 atom stereocenters. The molecule has 0 fully saturated rings. The van der Waals surface area contributed by atoms with Crippen molar-refractivity contribution in [2.24, 2.45) is 5.10 Å². The Labute approximate surface area is 211 Å². The van der Waals surface area contributed by atoms with Gasteiger partial charge in [-0.3, -0.25) is 4.79 Å². The largest absolute Gasteiger partial charge is 0.488 e. The highest BCUT2D eigenvalue weighted by Gasteiger charge is 2.09. The van der Waals surface area contributed by atoms with Gasteiger partial charge in [0.25, 0.3) is 5.91 Å². The van der Waals surface area contributed by atoms with Crippen LogP contribution in [0.25, 0.3) is 0 Å². The quantitative estimate of drug-likeness (QED) is 0.178. The Kier molecular flexibility index (Phi) is 9.11. The second kappa shape index (κ2) is 12.0. The highest BCUT2D eigenvalue weighted by molar-refractivity contribution is 14.1. The minimum Gasteiger partial charge on any atom is -0.488 e. The molecule has 0 aromatic heterocycles. The summed E-state index contributed by atoms with van der Waals surface area (Å²) in [5.41, 5.74) is 6.09. The number of benzene rings is 3. The van der Waals surface area contributed by atoms with E-state index in [1.165, 1.54) is 3.57 Å². The standard InChI is InChI=1S/C25H25BrIN3O2/c1-3-30(4-2)23-14-9-20(16-28-29-25(31)19-7-10-21(26)11-8-19)24(15-23)32-17-18-5-12-22(27)13-6-18/h5-16H,3-4,17H2,1-2H3,(H,29,31)/b28-16-. The van der Waals surface area contributed by atoms with Crippen LogP contribution in [0.3, 0.4) is 0 Å². The van der Waals surface area contributed by atoms with Crippen LogP contribution < -0.4 is 15.1 Å². The summed E-state index contributed by atoms with van der Waals surface area (Å²) in [5.74, 6) is 0.449. The fourth-order valence-corrected chi connectivity index (χ4v) is 3.73. The molecule has 7 heteroatoms. The monoisotopic (exact) mass is 605 g/mol. The third-order valence-electron chi connectivity index (χ3n) is 4.91.